The van der Waals surface area contributed by atoms with Crippen LogP contribution in [-0.2, 0) is 0 Å². The number of anilines is 1. The molecular formula is C33H38F4N6. The Labute approximate surface area is 248 Å². The van der Waals surface area contributed by atoms with Crippen molar-refractivity contribution >= 4 is 33.3 Å². The van der Waals surface area contributed by atoms with E-state index >= 15 is 0 Å². The van der Waals surface area contributed by atoms with Crippen molar-refractivity contribution < 1.29 is 17.6 Å². The Kier molecular flexibility index (Phi) is 7.52. The molecule has 10 heteroatoms. The van der Waals surface area contributed by atoms with Gasteiger partial charge in [0.05, 0.1) is 28.3 Å². The quantitative estimate of drug-likeness (QED) is 0.139. The minimum atomic E-state index is -2.67. The predicted octanol–water partition coefficient (Wildman–Crippen LogP) is 7.29. The van der Waals surface area contributed by atoms with Crippen LogP contribution in [0.5, 0.6) is 0 Å². The number of nitrogens with two attached hydrogens (primary N) is 2. The molecule has 4 aromatic rings. The number of piperidine rings is 1. The van der Waals surface area contributed by atoms with Crippen molar-refractivity contribution in [1.29, 1.82) is 0 Å². The van der Waals surface area contributed by atoms with E-state index in [0.717, 1.165) is 38.8 Å². The molecule has 1 saturated carbocycles. The Morgan fingerprint density at radius 1 is 0.930 bits per heavy atom. The van der Waals surface area contributed by atoms with Gasteiger partial charge in [0.15, 0.2) is 0 Å². The van der Waals surface area contributed by atoms with Gasteiger partial charge in [-0.05, 0) is 55.5 Å². The largest absolute Gasteiger partial charge is 0.401 e. The Bertz CT molecular complexity index is 1640. The highest BCUT2D eigenvalue weighted by atomic mass is 19.3. The Morgan fingerprint density at radius 3 is 2.21 bits per heavy atom. The highest BCUT2D eigenvalue weighted by Gasteiger charge is 2.40. The lowest BCUT2D eigenvalue weighted by molar-refractivity contribution is -0.0493. The monoisotopic (exact) mass is 594 g/mol. The summed E-state index contributed by atoms with van der Waals surface area (Å²) in [4.78, 5) is 6.89. The molecule has 1 aliphatic heterocycles. The molecule has 2 aliphatic rings. The highest BCUT2D eigenvalue weighted by Crippen LogP contribution is 2.46. The van der Waals surface area contributed by atoms with Crippen LogP contribution in [0.1, 0.15) is 62.6 Å². The molecule has 2 aromatic heterocycles. The predicted molar refractivity (Wildman–Crippen MR) is 164 cm³/mol. The van der Waals surface area contributed by atoms with Gasteiger partial charge in [0.1, 0.15) is 0 Å². The van der Waals surface area contributed by atoms with E-state index < -0.39 is 11.8 Å². The zero-order valence-electron chi connectivity index (χ0n) is 24.5. The Balaban J connectivity index is 1.60. The molecule has 1 saturated heterocycles. The second-order valence-corrected chi connectivity index (χ2v) is 12.2. The maximum atomic E-state index is 14.4. The lowest BCUT2D eigenvalue weighted by atomic mass is 9.79. The van der Waals surface area contributed by atoms with E-state index in [1.165, 1.54) is 5.01 Å². The lowest BCUT2D eigenvalue weighted by Crippen LogP contribution is -2.39. The topological polar surface area (TPSA) is 76.3 Å². The van der Waals surface area contributed by atoms with Crippen molar-refractivity contribution in [2.45, 2.75) is 63.3 Å². The number of nitrogens with zero attached hydrogens (tertiary/aromatic N) is 4. The van der Waals surface area contributed by atoms with Crippen LogP contribution < -0.4 is 16.5 Å². The Hall–Kier alpha value is -3.79. The normalized spacial score (nSPS) is 20.3. The number of hydrazine groups is 1. The number of benzene rings is 2. The third-order valence-electron chi connectivity index (χ3n) is 9.11. The first-order valence-electron chi connectivity index (χ1n) is 14.9. The van der Waals surface area contributed by atoms with Crippen LogP contribution in [0.2, 0.25) is 0 Å². The number of hydrogen-bond donors (Lipinski definition) is 2. The first-order chi connectivity index (χ1) is 20.4. The molecule has 1 unspecified atom stereocenters. The van der Waals surface area contributed by atoms with Gasteiger partial charge in [0.25, 0.3) is 5.92 Å². The van der Waals surface area contributed by atoms with E-state index in [-0.39, 0.29) is 50.7 Å². The molecule has 43 heavy (non-hydrogen) atoms. The molecule has 3 heterocycles. The summed E-state index contributed by atoms with van der Waals surface area (Å²) < 4.78 is 59.0. The summed E-state index contributed by atoms with van der Waals surface area (Å²) in [6.45, 7) is 2.29. The summed E-state index contributed by atoms with van der Waals surface area (Å²) in [7, 11) is 1.72. The number of halogens is 4. The van der Waals surface area contributed by atoms with E-state index in [4.69, 9.17) is 16.6 Å². The van der Waals surface area contributed by atoms with E-state index in [1.54, 1.807) is 20.2 Å². The summed E-state index contributed by atoms with van der Waals surface area (Å²) in [6, 6.07) is 17.8. The fourth-order valence-corrected chi connectivity index (χ4v) is 6.98. The summed E-state index contributed by atoms with van der Waals surface area (Å²) in [5.74, 6) is 0.803. The van der Waals surface area contributed by atoms with Gasteiger partial charge in [-0.1, -0.05) is 30.3 Å². The summed E-state index contributed by atoms with van der Waals surface area (Å²) in [6.07, 6.45) is 1.80. The van der Waals surface area contributed by atoms with Gasteiger partial charge in [0.2, 0.25) is 5.92 Å². The maximum absolute atomic E-state index is 14.4. The van der Waals surface area contributed by atoms with Crippen molar-refractivity contribution in [1.82, 2.24) is 14.6 Å². The van der Waals surface area contributed by atoms with Crippen LogP contribution in [0, 0.1) is 5.92 Å². The maximum Gasteiger partial charge on any atom is 0.251 e. The zero-order chi connectivity index (χ0) is 30.5. The molecule has 4 N–H and O–H groups in total. The Morgan fingerprint density at radius 2 is 1.58 bits per heavy atom. The molecule has 1 aliphatic carbocycles. The smallest absolute Gasteiger partial charge is 0.251 e. The average Bonchev–Trinajstić information content (AvgIpc) is 3.27. The fraction of sp³-hybridized carbons (Fsp3) is 0.424. The van der Waals surface area contributed by atoms with Gasteiger partial charge in [-0.2, -0.15) is 0 Å². The van der Waals surface area contributed by atoms with Gasteiger partial charge in [-0.25, -0.2) is 23.4 Å². The first-order valence-corrected chi connectivity index (χ1v) is 14.9. The van der Waals surface area contributed by atoms with Gasteiger partial charge in [0, 0.05) is 74.4 Å². The standard InChI is InChI=1S/C33H38F4N6/c1-21(38)30(41(2)39)24-18-28-29(40-20-24)26-9-8-25(42-16-14-33(36,37)15-17-42)19-27(26)43(28)31(22-6-4-3-5-7-22)23-10-12-32(34,35)13-11-23/h3-9,18-20,23,31H,10-17,38-39H2,1-2H3/b30-21-. The van der Waals surface area contributed by atoms with Crippen molar-refractivity contribution in [2.75, 3.05) is 25.0 Å². The molecule has 0 amide bonds. The minimum absolute atomic E-state index is 0.0507. The van der Waals surface area contributed by atoms with Crippen molar-refractivity contribution in [3.05, 3.63) is 77.6 Å². The molecule has 2 aromatic carbocycles. The van der Waals surface area contributed by atoms with Gasteiger partial charge < -0.3 is 20.2 Å². The number of allylic oxidation sites excluding steroid dienone is 1. The zero-order valence-corrected chi connectivity index (χ0v) is 24.5. The summed E-state index contributed by atoms with van der Waals surface area (Å²) in [5, 5.41) is 2.37. The van der Waals surface area contributed by atoms with E-state index in [2.05, 4.69) is 4.57 Å². The van der Waals surface area contributed by atoms with Gasteiger partial charge in [-0.15, -0.1) is 0 Å². The molecule has 0 radical (unpaired) electrons. The number of alkyl halides is 4. The van der Waals surface area contributed by atoms with Crippen LogP contribution in [0.4, 0.5) is 23.2 Å². The highest BCUT2D eigenvalue weighted by molar-refractivity contribution is 6.07. The molecule has 6 rings (SSSR count). The molecule has 0 bridgehead atoms. The van der Waals surface area contributed by atoms with Crippen LogP contribution in [0.25, 0.3) is 27.6 Å². The fourth-order valence-electron chi connectivity index (χ4n) is 6.98. The number of aromatic nitrogens is 2. The number of hydrogen-bond acceptors (Lipinski definition) is 5. The molecule has 0 spiro atoms. The summed E-state index contributed by atoms with van der Waals surface area (Å²) in [5.41, 5.74) is 12.5. The molecule has 228 valence electrons. The van der Waals surface area contributed by atoms with E-state index in [9.17, 15) is 17.6 Å². The van der Waals surface area contributed by atoms with Crippen molar-refractivity contribution in [3.8, 4) is 0 Å². The number of rotatable bonds is 6. The van der Waals surface area contributed by atoms with Crippen LogP contribution in [-0.4, -0.2) is 46.5 Å². The van der Waals surface area contributed by atoms with Crippen molar-refractivity contribution in [2.24, 2.45) is 17.5 Å². The molecular weight excluding hydrogens is 556 g/mol. The third-order valence-corrected chi connectivity index (χ3v) is 9.11. The lowest BCUT2D eigenvalue weighted by Gasteiger charge is -2.36. The van der Waals surface area contributed by atoms with E-state index in [0.29, 0.717) is 24.2 Å². The SMILES string of the molecule is C/C(N)=C(\c1cnc2c3ccc(N4CCC(F)(F)CC4)cc3n(C(c3ccccc3)C3CCC(F)(F)CC3)c2c1)N(C)N. The van der Waals surface area contributed by atoms with Gasteiger partial charge in [-0.3, -0.25) is 4.98 Å². The number of fused-ring (bicyclic) bond motifs is 3. The molecule has 6 nitrogen and oxygen atoms in total. The first kappa shape index (κ1) is 29.3. The van der Waals surface area contributed by atoms with Crippen LogP contribution >= 0.6 is 0 Å². The minimum Gasteiger partial charge on any atom is -0.401 e. The van der Waals surface area contributed by atoms with E-state index in [1.807, 2.05) is 59.5 Å². The molecule has 1 atom stereocenters. The average molecular weight is 595 g/mol. The second-order valence-electron chi connectivity index (χ2n) is 12.2. The van der Waals surface area contributed by atoms with Crippen LogP contribution in [0.3, 0.4) is 0 Å². The summed E-state index contributed by atoms with van der Waals surface area (Å²) >= 11 is 0. The van der Waals surface area contributed by atoms with Gasteiger partial charge >= 0.3 is 0 Å². The molecule has 2 fully saturated rings. The van der Waals surface area contributed by atoms with Crippen LogP contribution in [0.15, 0.2) is 66.5 Å². The van der Waals surface area contributed by atoms with Crippen molar-refractivity contribution in [3.63, 3.8) is 0 Å². The second kappa shape index (κ2) is 11.0. The third kappa shape index (κ3) is 5.64. The number of pyridine rings is 1.